The minimum atomic E-state index is 0.000971. The fourth-order valence-electron chi connectivity index (χ4n) is 2.18. The molecule has 0 unspecified atom stereocenters. The van der Waals surface area contributed by atoms with E-state index in [1.165, 1.54) is 0 Å². The molecule has 100 valence electrons. The summed E-state index contributed by atoms with van der Waals surface area (Å²) in [4.78, 5) is 12.1. The summed E-state index contributed by atoms with van der Waals surface area (Å²) < 4.78 is 5.20. The third-order valence-electron chi connectivity index (χ3n) is 3.26. The average molecular weight is 259 g/mol. The van der Waals surface area contributed by atoms with Gasteiger partial charge in [-0.15, -0.1) is 0 Å². The van der Waals surface area contributed by atoms with Crippen molar-refractivity contribution in [2.45, 2.75) is 6.92 Å². The lowest BCUT2D eigenvalue weighted by molar-refractivity contribution is -0.120. The first-order valence-electron chi connectivity index (χ1n) is 6.32. The first-order chi connectivity index (χ1) is 9.20. The quantitative estimate of drug-likeness (QED) is 0.856. The standard InChI is InChI=1S/C14H17N3O2/c1-10-8-16-9-13(10)14(18)17-11-3-2-4-12(7-11)19-6-5-15/h2-4,7,10,13,16H,6,8-9H2,1H3,(H,17,18)/t10-,13-/m1/s1. The number of carbonyl (C=O) groups excluding carboxylic acids is 1. The SMILES string of the molecule is C[C@@H]1CNC[C@H]1C(=O)Nc1cccc(OCC#N)c1. The van der Waals surface area contributed by atoms with E-state index in [4.69, 9.17) is 10.00 Å². The molecule has 0 aliphatic carbocycles. The highest BCUT2D eigenvalue weighted by atomic mass is 16.5. The maximum absolute atomic E-state index is 12.1. The van der Waals surface area contributed by atoms with Crippen molar-refractivity contribution >= 4 is 11.6 Å². The zero-order chi connectivity index (χ0) is 13.7. The minimum absolute atomic E-state index is 0.000971. The largest absolute Gasteiger partial charge is 0.479 e. The number of anilines is 1. The van der Waals surface area contributed by atoms with Gasteiger partial charge in [-0.05, 0) is 24.6 Å². The van der Waals surface area contributed by atoms with Crippen LogP contribution < -0.4 is 15.4 Å². The Hall–Kier alpha value is -2.06. The van der Waals surface area contributed by atoms with Gasteiger partial charge in [0.15, 0.2) is 6.61 Å². The highest BCUT2D eigenvalue weighted by Crippen LogP contribution is 2.21. The number of rotatable bonds is 4. The molecule has 0 spiro atoms. The van der Waals surface area contributed by atoms with Crippen LogP contribution in [0, 0.1) is 23.2 Å². The third-order valence-corrected chi connectivity index (χ3v) is 3.26. The summed E-state index contributed by atoms with van der Waals surface area (Å²) in [5.41, 5.74) is 0.694. The fourth-order valence-corrected chi connectivity index (χ4v) is 2.18. The Bertz CT molecular complexity index is 496. The number of carbonyl (C=O) groups is 1. The number of nitriles is 1. The van der Waals surface area contributed by atoms with Gasteiger partial charge in [0.2, 0.25) is 5.91 Å². The maximum atomic E-state index is 12.1. The van der Waals surface area contributed by atoms with Crippen molar-refractivity contribution in [2.24, 2.45) is 11.8 Å². The predicted octanol–water partition coefficient (Wildman–Crippen LogP) is 1.38. The van der Waals surface area contributed by atoms with E-state index in [-0.39, 0.29) is 18.4 Å². The smallest absolute Gasteiger partial charge is 0.229 e. The Morgan fingerprint density at radius 1 is 1.58 bits per heavy atom. The molecule has 2 rings (SSSR count). The topological polar surface area (TPSA) is 74.2 Å². The lowest BCUT2D eigenvalue weighted by Gasteiger charge is -2.14. The first-order valence-corrected chi connectivity index (χ1v) is 6.32. The van der Waals surface area contributed by atoms with Crippen LogP contribution in [0.4, 0.5) is 5.69 Å². The second kappa shape index (κ2) is 6.21. The minimum Gasteiger partial charge on any atom is -0.479 e. The summed E-state index contributed by atoms with van der Waals surface area (Å²) in [7, 11) is 0. The van der Waals surface area contributed by atoms with E-state index in [2.05, 4.69) is 17.6 Å². The van der Waals surface area contributed by atoms with Gasteiger partial charge in [-0.3, -0.25) is 4.79 Å². The highest BCUT2D eigenvalue weighted by molar-refractivity contribution is 5.93. The molecule has 2 atom stereocenters. The summed E-state index contributed by atoms with van der Waals surface area (Å²) in [5.74, 6) is 0.952. The summed E-state index contributed by atoms with van der Waals surface area (Å²) >= 11 is 0. The zero-order valence-corrected chi connectivity index (χ0v) is 10.8. The van der Waals surface area contributed by atoms with Gasteiger partial charge >= 0.3 is 0 Å². The molecule has 5 heteroatoms. The van der Waals surface area contributed by atoms with E-state index in [0.29, 0.717) is 17.4 Å². The van der Waals surface area contributed by atoms with Crippen LogP contribution >= 0.6 is 0 Å². The van der Waals surface area contributed by atoms with Crippen molar-refractivity contribution in [1.82, 2.24) is 5.32 Å². The van der Waals surface area contributed by atoms with E-state index in [1.54, 1.807) is 18.2 Å². The molecule has 0 bridgehead atoms. The molecule has 1 aliphatic rings. The highest BCUT2D eigenvalue weighted by Gasteiger charge is 2.29. The third kappa shape index (κ3) is 3.46. The van der Waals surface area contributed by atoms with Crippen molar-refractivity contribution in [1.29, 1.82) is 5.26 Å². The summed E-state index contributed by atoms with van der Waals surface area (Å²) in [6.45, 7) is 3.67. The molecular formula is C14H17N3O2. The van der Waals surface area contributed by atoms with Gasteiger partial charge in [0.25, 0.3) is 0 Å². The molecule has 1 aromatic rings. The monoisotopic (exact) mass is 259 g/mol. The number of benzene rings is 1. The van der Waals surface area contributed by atoms with E-state index >= 15 is 0 Å². The van der Waals surface area contributed by atoms with Crippen LogP contribution in [0.5, 0.6) is 5.75 Å². The van der Waals surface area contributed by atoms with Crippen LogP contribution in [-0.4, -0.2) is 25.6 Å². The van der Waals surface area contributed by atoms with Crippen molar-refractivity contribution in [3.8, 4) is 11.8 Å². The Balaban J connectivity index is 1.98. The molecule has 1 aliphatic heterocycles. The van der Waals surface area contributed by atoms with Crippen LogP contribution in [0.1, 0.15) is 6.92 Å². The van der Waals surface area contributed by atoms with E-state index in [1.807, 2.05) is 12.1 Å². The Morgan fingerprint density at radius 2 is 2.42 bits per heavy atom. The van der Waals surface area contributed by atoms with Gasteiger partial charge in [-0.25, -0.2) is 0 Å². The van der Waals surface area contributed by atoms with Crippen LogP contribution in [-0.2, 0) is 4.79 Å². The molecule has 1 heterocycles. The molecule has 1 saturated heterocycles. The average Bonchev–Trinajstić information content (AvgIpc) is 2.83. The normalized spacial score (nSPS) is 21.7. The Kier molecular flexibility index (Phi) is 4.37. The van der Waals surface area contributed by atoms with Crippen molar-refractivity contribution in [3.05, 3.63) is 24.3 Å². The Labute approximate surface area is 112 Å². The van der Waals surface area contributed by atoms with Crippen molar-refractivity contribution < 1.29 is 9.53 Å². The number of nitrogens with zero attached hydrogens (tertiary/aromatic N) is 1. The summed E-state index contributed by atoms with van der Waals surface area (Å²) in [6.07, 6.45) is 0. The number of amides is 1. The molecule has 1 amide bonds. The number of nitrogens with one attached hydrogen (secondary N) is 2. The van der Waals surface area contributed by atoms with E-state index in [9.17, 15) is 4.79 Å². The van der Waals surface area contributed by atoms with Gasteiger partial charge in [0.05, 0.1) is 5.92 Å². The van der Waals surface area contributed by atoms with Gasteiger partial charge < -0.3 is 15.4 Å². The lowest BCUT2D eigenvalue weighted by Crippen LogP contribution is -2.27. The van der Waals surface area contributed by atoms with Crippen LogP contribution in [0.2, 0.25) is 0 Å². The van der Waals surface area contributed by atoms with Gasteiger partial charge in [-0.1, -0.05) is 13.0 Å². The predicted molar refractivity (Wildman–Crippen MR) is 71.7 cm³/mol. The molecule has 0 saturated carbocycles. The second-order valence-electron chi connectivity index (χ2n) is 4.71. The van der Waals surface area contributed by atoms with Crippen LogP contribution in [0.15, 0.2) is 24.3 Å². The van der Waals surface area contributed by atoms with Gasteiger partial charge in [0.1, 0.15) is 11.8 Å². The van der Waals surface area contributed by atoms with E-state index in [0.717, 1.165) is 13.1 Å². The molecule has 1 aromatic carbocycles. The van der Waals surface area contributed by atoms with Crippen molar-refractivity contribution in [2.75, 3.05) is 25.0 Å². The fraction of sp³-hybridized carbons (Fsp3) is 0.429. The molecular weight excluding hydrogens is 242 g/mol. The molecule has 0 aromatic heterocycles. The zero-order valence-electron chi connectivity index (χ0n) is 10.8. The second-order valence-corrected chi connectivity index (χ2v) is 4.71. The summed E-state index contributed by atoms with van der Waals surface area (Å²) in [6, 6.07) is 8.99. The first kappa shape index (κ1) is 13.4. The summed E-state index contributed by atoms with van der Waals surface area (Å²) in [5, 5.41) is 14.6. The Morgan fingerprint density at radius 3 is 3.11 bits per heavy atom. The van der Waals surface area contributed by atoms with Crippen LogP contribution in [0.3, 0.4) is 0 Å². The number of hydrogen-bond donors (Lipinski definition) is 2. The molecule has 19 heavy (non-hydrogen) atoms. The lowest BCUT2D eigenvalue weighted by atomic mass is 9.97. The maximum Gasteiger partial charge on any atom is 0.229 e. The van der Waals surface area contributed by atoms with Crippen molar-refractivity contribution in [3.63, 3.8) is 0 Å². The molecule has 0 radical (unpaired) electrons. The number of hydrogen-bond acceptors (Lipinski definition) is 4. The van der Waals surface area contributed by atoms with Gasteiger partial charge in [0, 0.05) is 18.3 Å². The van der Waals surface area contributed by atoms with Crippen LogP contribution in [0.25, 0.3) is 0 Å². The molecule has 2 N–H and O–H groups in total. The van der Waals surface area contributed by atoms with Gasteiger partial charge in [-0.2, -0.15) is 5.26 Å². The number of ether oxygens (including phenoxy) is 1. The molecule has 1 fully saturated rings. The van der Waals surface area contributed by atoms with E-state index < -0.39 is 0 Å². The molecule has 5 nitrogen and oxygen atoms in total.